The number of benzene rings is 1. The van der Waals surface area contributed by atoms with Crippen LogP contribution in [0.3, 0.4) is 0 Å². The van der Waals surface area contributed by atoms with Crippen molar-refractivity contribution in [1.29, 1.82) is 0 Å². The van der Waals surface area contributed by atoms with Crippen LogP contribution in [-0.4, -0.2) is 41.7 Å². The third-order valence-corrected chi connectivity index (χ3v) is 3.67. The second-order valence-electron chi connectivity index (χ2n) is 5.55. The minimum absolute atomic E-state index is 0.369. The molecular formula is C15H22N2O2. The van der Waals surface area contributed by atoms with Crippen molar-refractivity contribution in [2.45, 2.75) is 26.4 Å². The summed E-state index contributed by atoms with van der Waals surface area (Å²) in [7, 11) is 0. The van der Waals surface area contributed by atoms with E-state index in [4.69, 9.17) is 5.11 Å². The lowest BCUT2D eigenvalue weighted by Crippen LogP contribution is -2.52. The van der Waals surface area contributed by atoms with Crippen LogP contribution >= 0.6 is 0 Å². The highest BCUT2D eigenvalue weighted by atomic mass is 16.4. The van der Waals surface area contributed by atoms with Gasteiger partial charge in [-0.15, -0.1) is 0 Å². The number of carbonyl (C=O) groups is 1. The minimum Gasteiger partial charge on any atom is -0.478 e. The summed E-state index contributed by atoms with van der Waals surface area (Å²) in [6.45, 7) is 8.32. The van der Waals surface area contributed by atoms with Gasteiger partial charge < -0.3 is 10.4 Å². The van der Waals surface area contributed by atoms with Gasteiger partial charge >= 0.3 is 5.97 Å². The molecule has 0 radical (unpaired) electrons. The van der Waals surface area contributed by atoms with Gasteiger partial charge in [0, 0.05) is 32.2 Å². The van der Waals surface area contributed by atoms with E-state index in [0.29, 0.717) is 17.5 Å². The first-order chi connectivity index (χ1) is 9.06. The highest BCUT2D eigenvalue weighted by molar-refractivity contribution is 5.87. The third kappa shape index (κ3) is 3.78. The first kappa shape index (κ1) is 14.0. The number of piperazine rings is 1. The van der Waals surface area contributed by atoms with Crippen molar-refractivity contribution in [2.75, 3.05) is 19.6 Å². The zero-order chi connectivity index (χ0) is 13.8. The van der Waals surface area contributed by atoms with E-state index in [1.165, 1.54) is 0 Å². The summed E-state index contributed by atoms with van der Waals surface area (Å²) >= 11 is 0. The Labute approximate surface area is 114 Å². The van der Waals surface area contributed by atoms with Crippen LogP contribution in [-0.2, 0) is 6.54 Å². The lowest BCUT2D eigenvalue weighted by atomic mass is 10.0. The molecule has 1 fully saturated rings. The van der Waals surface area contributed by atoms with Crippen LogP contribution in [0.4, 0.5) is 0 Å². The largest absolute Gasteiger partial charge is 0.478 e. The smallest absolute Gasteiger partial charge is 0.335 e. The van der Waals surface area contributed by atoms with E-state index in [-0.39, 0.29) is 0 Å². The van der Waals surface area contributed by atoms with Crippen LogP contribution < -0.4 is 5.32 Å². The Balaban J connectivity index is 2.00. The van der Waals surface area contributed by atoms with Gasteiger partial charge in [-0.05, 0) is 23.6 Å². The van der Waals surface area contributed by atoms with Gasteiger partial charge in [0.25, 0.3) is 0 Å². The second kappa shape index (κ2) is 6.17. The Bertz CT molecular complexity index is 446. The Morgan fingerprint density at radius 1 is 1.53 bits per heavy atom. The van der Waals surface area contributed by atoms with E-state index >= 15 is 0 Å². The Kier molecular flexibility index (Phi) is 4.56. The number of rotatable bonds is 4. The molecule has 0 saturated carbocycles. The van der Waals surface area contributed by atoms with E-state index in [1.54, 1.807) is 12.1 Å². The number of aromatic carboxylic acids is 1. The Morgan fingerprint density at radius 3 is 3.00 bits per heavy atom. The summed E-state index contributed by atoms with van der Waals surface area (Å²) in [5.41, 5.74) is 1.44. The fourth-order valence-electron chi connectivity index (χ4n) is 2.49. The van der Waals surface area contributed by atoms with Crippen LogP contribution in [0.25, 0.3) is 0 Å². The molecular weight excluding hydrogens is 240 g/mol. The van der Waals surface area contributed by atoms with Crippen molar-refractivity contribution in [3.8, 4) is 0 Å². The molecule has 4 nitrogen and oxygen atoms in total. The fraction of sp³-hybridized carbons (Fsp3) is 0.533. The van der Waals surface area contributed by atoms with Crippen molar-refractivity contribution >= 4 is 5.97 Å². The number of carboxylic acids is 1. The van der Waals surface area contributed by atoms with Crippen molar-refractivity contribution < 1.29 is 9.90 Å². The fourth-order valence-corrected chi connectivity index (χ4v) is 2.49. The van der Waals surface area contributed by atoms with Gasteiger partial charge in [-0.25, -0.2) is 4.79 Å². The van der Waals surface area contributed by atoms with Crippen molar-refractivity contribution in [3.63, 3.8) is 0 Å². The summed E-state index contributed by atoms with van der Waals surface area (Å²) in [5.74, 6) is -0.240. The molecule has 0 unspecified atom stereocenters. The summed E-state index contributed by atoms with van der Waals surface area (Å²) in [4.78, 5) is 13.4. The molecule has 1 heterocycles. The maximum atomic E-state index is 11.0. The van der Waals surface area contributed by atoms with Gasteiger partial charge in [-0.3, -0.25) is 4.90 Å². The van der Waals surface area contributed by atoms with Crippen LogP contribution in [0.1, 0.15) is 29.8 Å². The summed E-state index contributed by atoms with van der Waals surface area (Å²) in [6, 6.07) is 7.76. The molecule has 0 aromatic heterocycles. The minimum atomic E-state index is -0.859. The number of carboxylic acid groups (broad SMARTS) is 1. The normalized spacial score (nSPS) is 20.7. The molecule has 1 aromatic rings. The highest BCUT2D eigenvalue weighted by Crippen LogP contribution is 2.13. The molecule has 0 spiro atoms. The number of nitrogens with zero attached hydrogens (tertiary/aromatic N) is 1. The van der Waals surface area contributed by atoms with Crippen molar-refractivity contribution in [2.24, 2.45) is 5.92 Å². The maximum Gasteiger partial charge on any atom is 0.335 e. The van der Waals surface area contributed by atoms with Gasteiger partial charge in [-0.2, -0.15) is 0 Å². The van der Waals surface area contributed by atoms with Crippen LogP contribution in [0, 0.1) is 5.92 Å². The van der Waals surface area contributed by atoms with Gasteiger partial charge in [-0.1, -0.05) is 26.0 Å². The van der Waals surface area contributed by atoms with Crippen LogP contribution in [0.5, 0.6) is 0 Å². The predicted octanol–water partition coefficient (Wildman–Crippen LogP) is 1.81. The Morgan fingerprint density at radius 2 is 2.32 bits per heavy atom. The molecule has 1 aromatic carbocycles. The van der Waals surface area contributed by atoms with E-state index in [1.807, 2.05) is 12.1 Å². The number of hydrogen-bond acceptors (Lipinski definition) is 3. The molecule has 104 valence electrons. The zero-order valence-corrected chi connectivity index (χ0v) is 11.6. The quantitative estimate of drug-likeness (QED) is 0.869. The topological polar surface area (TPSA) is 52.6 Å². The predicted molar refractivity (Wildman–Crippen MR) is 75.3 cm³/mol. The molecule has 0 bridgehead atoms. The molecule has 0 amide bonds. The molecule has 2 N–H and O–H groups in total. The van der Waals surface area contributed by atoms with Crippen molar-refractivity contribution in [3.05, 3.63) is 35.4 Å². The summed E-state index contributed by atoms with van der Waals surface area (Å²) in [5, 5.41) is 12.5. The van der Waals surface area contributed by atoms with E-state index in [9.17, 15) is 4.79 Å². The number of nitrogens with one attached hydrogen (secondary N) is 1. The van der Waals surface area contributed by atoms with E-state index in [2.05, 4.69) is 24.1 Å². The first-order valence-corrected chi connectivity index (χ1v) is 6.84. The highest BCUT2D eigenvalue weighted by Gasteiger charge is 2.21. The zero-order valence-electron chi connectivity index (χ0n) is 11.6. The number of hydrogen-bond donors (Lipinski definition) is 2. The molecule has 0 aliphatic carbocycles. The van der Waals surface area contributed by atoms with Gasteiger partial charge in [0.1, 0.15) is 0 Å². The van der Waals surface area contributed by atoms with Crippen LogP contribution in [0.2, 0.25) is 0 Å². The first-order valence-electron chi connectivity index (χ1n) is 6.84. The average Bonchev–Trinajstić information content (AvgIpc) is 2.39. The average molecular weight is 262 g/mol. The van der Waals surface area contributed by atoms with Crippen LogP contribution in [0.15, 0.2) is 24.3 Å². The molecule has 1 atom stereocenters. The lowest BCUT2D eigenvalue weighted by molar-refractivity contribution is 0.0696. The van der Waals surface area contributed by atoms with Gasteiger partial charge in [0.15, 0.2) is 0 Å². The molecule has 19 heavy (non-hydrogen) atoms. The summed E-state index contributed by atoms with van der Waals surface area (Å²) in [6.07, 6.45) is 0. The van der Waals surface area contributed by atoms with E-state index in [0.717, 1.165) is 31.7 Å². The SMILES string of the molecule is CC(C)[C@@H]1CN(Cc2cccc(C(=O)O)c2)CCN1. The molecule has 2 rings (SSSR count). The van der Waals surface area contributed by atoms with Gasteiger partial charge in [0.2, 0.25) is 0 Å². The van der Waals surface area contributed by atoms with E-state index < -0.39 is 5.97 Å². The molecule has 1 aliphatic heterocycles. The lowest BCUT2D eigenvalue weighted by Gasteiger charge is -2.35. The van der Waals surface area contributed by atoms with Crippen molar-refractivity contribution in [1.82, 2.24) is 10.2 Å². The molecule has 4 heteroatoms. The standard InChI is InChI=1S/C15H22N2O2/c1-11(2)14-10-17(7-6-16-14)9-12-4-3-5-13(8-12)15(18)19/h3-5,8,11,14,16H,6-7,9-10H2,1-2H3,(H,18,19)/t14-/m0/s1. The monoisotopic (exact) mass is 262 g/mol. The molecule has 1 aliphatic rings. The second-order valence-corrected chi connectivity index (χ2v) is 5.55. The summed E-state index contributed by atoms with van der Waals surface area (Å²) < 4.78 is 0. The molecule has 1 saturated heterocycles. The Hall–Kier alpha value is -1.39. The van der Waals surface area contributed by atoms with Gasteiger partial charge in [0.05, 0.1) is 5.56 Å². The maximum absolute atomic E-state index is 11.0. The third-order valence-electron chi connectivity index (χ3n) is 3.67.